The van der Waals surface area contributed by atoms with Crippen molar-refractivity contribution in [3.05, 3.63) is 59.4 Å². The molecule has 0 aliphatic carbocycles. The van der Waals surface area contributed by atoms with Gasteiger partial charge < -0.3 is 4.74 Å². The number of benzene rings is 2. The molecule has 2 aromatic carbocycles. The summed E-state index contributed by atoms with van der Waals surface area (Å²) in [5.74, 6) is -2.49. The zero-order chi connectivity index (χ0) is 13.1. The van der Waals surface area contributed by atoms with E-state index in [1.165, 1.54) is 12.1 Å². The molecule has 0 bridgehead atoms. The van der Waals surface area contributed by atoms with Crippen LogP contribution in [-0.4, -0.2) is 0 Å². The van der Waals surface area contributed by atoms with E-state index in [1.807, 2.05) is 0 Å². The molecule has 2 rings (SSSR count). The lowest BCUT2D eigenvalue weighted by atomic mass is 10.2. The summed E-state index contributed by atoms with van der Waals surface area (Å²) >= 11 is 3.17. The summed E-state index contributed by atoms with van der Waals surface area (Å²) in [6.45, 7) is 0. The highest BCUT2D eigenvalue weighted by Crippen LogP contribution is 2.31. The Morgan fingerprint density at radius 3 is 2.50 bits per heavy atom. The minimum Gasteiger partial charge on any atom is -0.451 e. The van der Waals surface area contributed by atoms with Gasteiger partial charge in [0.25, 0.3) is 0 Å². The smallest absolute Gasteiger partial charge is 0.167 e. The normalized spacial score (nSPS) is 10.4. The number of hydrogen-bond acceptors (Lipinski definition) is 1. The van der Waals surface area contributed by atoms with Crippen LogP contribution >= 0.6 is 15.9 Å². The fraction of sp³-hybridized carbons (Fsp3) is 0.0769. The Morgan fingerprint density at radius 2 is 1.78 bits per heavy atom. The van der Waals surface area contributed by atoms with Crippen LogP contribution in [0.1, 0.15) is 5.56 Å². The van der Waals surface area contributed by atoms with E-state index in [2.05, 4.69) is 15.9 Å². The molecule has 0 heterocycles. The van der Waals surface area contributed by atoms with E-state index in [4.69, 9.17) is 4.74 Å². The monoisotopic (exact) mass is 316 g/mol. The summed E-state index contributed by atoms with van der Waals surface area (Å²) in [5.41, 5.74) is 0.513. The Morgan fingerprint density at radius 1 is 1.00 bits per heavy atom. The zero-order valence-corrected chi connectivity index (χ0v) is 10.7. The topological polar surface area (TPSA) is 9.23 Å². The number of alkyl halides is 1. The van der Waals surface area contributed by atoms with Crippen LogP contribution < -0.4 is 4.74 Å². The largest absolute Gasteiger partial charge is 0.451 e. The summed E-state index contributed by atoms with van der Waals surface area (Å²) < 4.78 is 45.1. The van der Waals surface area contributed by atoms with Crippen LogP contribution in [-0.2, 0) is 5.33 Å². The molecule has 0 atom stereocenters. The molecular formula is C13H8BrF3O. The first-order chi connectivity index (χ1) is 8.61. The van der Waals surface area contributed by atoms with Crippen molar-refractivity contribution in [1.29, 1.82) is 0 Å². The van der Waals surface area contributed by atoms with Crippen molar-refractivity contribution in [2.75, 3.05) is 0 Å². The Bertz CT molecular complexity index is 572. The van der Waals surface area contributed by atoms with Crippen LogP contribution in [0.5, 0.6) is 11.5 Å². The molecule has 0 spiro atoms. The molecule has 0 radical (unpaired) electrons. The number of para-hydroxylation sites is 1. The number of rotatable bonds is 3. The highest BCUT2D eigenvalue weighted by atomic mass is 79.9. The molecular weight excluding hydrogens is 309 g/mol. The molecule has 0 fully saturated rings. The Kier molecular flexibility index (Phi) is 3.91. The summed E-state index contributed by atoms with van der Waals surface area (Å²) in [5, 5.41) is 0.344. The molecule has 94 valence electrons. The number of hydrogen-bond donors (Lipinski definition) is 0. The van der Waals surface area contributed by atoms with Crippen LogP contribution in [0.25, 0.3) is 0 Å². The Labute approximate surface area is 110 Å². The second-order valence-corrected chi connectivity index (χ2v) is 4.10. The highest BCUT2D eigenvalue weighted by Gasteiger charge is 2.13. The first-order valence-corrected chi connectivity index (χ1v) is 6.20. The number of ether oxygens (including phenoxy) is 1. The second kappa shape index (κ2) is 5.44. The molecule has 0 amide bonds. The van der Waals surface area contributed by atoms with E-state index in [9.17, 15) is 13.2 Å². The van der Waals surface area contributed by atoms with Gasteiger partial charge >= 0.3 is 0 Å². The summed E-state index contributed by atoms with van der Waals surface area (Å²) in [6, 6.07) is 7.11. The third-order valence-electron chi connectivity index (χ3n) is 2.30. The van der Waals surface area contributed by atoms with Crippen molar-refractivity contribution in [3.63, 3.8) is 0 Å². The summed E-state index contributed by atoms with van der Waals surface area (Å²) in [7, 11) is 0. The van der Waals surface area contributed by atoms with E-state index >= 15 is 0 Å². The van der Waals surface area contributed by atoms with Crippen LogP contribution in [0.3, 0.4) is 0 Å². The maximum atomic E-state index is 13.6. The second-order valence-electron chi connectivity index (χ2n) is 3.54. The Balaban J connectivity index is 2.42. The van der Waals surface area contributed by atoms with Crippen molar-refractivity contribution in [1.82, 2.24) is 0 Å². The van der Waals surface area contributed by atoms with Crippen molar-refractivity contribution >= 4 is 15.9 Å². The van der Waals surface area contributed by atoms with E-state index in [1.54, 1.807) is 6.07 Å². The molecule has 0 saturated carbocycles. The van der Waals surface area contributed by atoms with Gasteiger partial charge in [-0.1, -0.05) is 28.1 Å². The van der Waals surface area contributed by atoms with Crippen molar-refractivity contribution in [2.45, 2.75) is 5.33 Å². The van der Waals surface area contributed by atoms with Gasteiger partial charge in [0.15, 0.2) is 23.1 Å². The van der Waals surface area contributed by atoms with Crippen LogP contribution in [0.2, 0.25) is 0 Å². The lowest BCUT2D eigenvalue weighted by molar-refractivity contribution is 0.407. The standard InChI is InChI=1S/C13H8BrF3O/c14-7-8-2-1-3-11(17)13(8)18-12-6-9(15)4-5-10(12)16/h1-6H,7H2. The SMILES string of the molecule is Fc1ccc(F)c(Oc2c(F)cccc2CBr)c1. The predicted molar refractivity (Wildman–Crippen MR) is 65.5 cm³/mol. The molecule has 1 nitrogen and oxygen atoms in total. The molecule has 0 aliphatic heterocycles. The van der Waals surface area contributed by atoms with Gasteiger partial charge in [0, 0.05) is 17.0 Å². The van der Waals surface area contributed by atoms with Gasteiger partial charge in [0.2, 0.25) is 0 Å². The fourth-order valence-electron chi connectivity index (χ4n) is 1.44. The third kappa shape index (κ3) is 2.67. The molecule has 0 N–H and O–H groups in total. The van der Waals surface area contributed by atoms with Gasteiger partial charge in [-0.15, -0.1) is 0 Å². The zero-order valence-electron chi connectivity index (χ0n) is 9.09. The van der Waals surface area contributed by atoms with Gasteiger partial charge in [0.1, 0.15) is 5.82 Å². The predicted octanol–water partition coefficient (Wildman–Crippen LogP) is 4.79. The molecule has 18 heavy (non-hydrogen) atoms. The minimum absolute atomic E-state index is 0.112. The van der Waals surface area contributed by atoms with Crippen LogP contribution in [0, 0.1) is 17.5 Å². The first-order valence-electron chi connectivity index (χ1n) is 5.08. The quantitative estimate of drug-likeness (QED) is 0.740. The van der Waals surface area contributed by atoms with Crippen molar-refractivity contribution in [2.24, 2.45) is 0 Å². The van der Waals surface area contributed by atoms with Gasteiger partial charge in [-0.05, 0) is 18.2 Å². The van der Waals surface area contributed by atoms with E-state index < -0.39 is 17.5 Å². The average molecular weight is 317 g/mol. The first kappa shape index (κ1) is 13.0. The summed E-state index contributed by atoms with van der Waals surface area (Å²) in [4.78, 5) is 0. The van der Waals surface area contributed by atoms with Crippen molar-refractivity contribution < 1.29 is 17.9 Å². The summed E-state index contributed by atoms with van der Waals surface area (Å²) in [6.07, 6.45) is 0. The van der Waals surface area contributed by atoms with Gasteiger partial charge in [-0.2, -0.15) is 0 Å². The van der Waals surface area contributed by atoms with E-state index in [0.29, 0.717) is 10.9 Å². The molecule has 5 heteroatoms. The Hall–Kier alpha value is -1.49. The van der Waals surface area contributed by atoms with Gasteiger partial charge in [0.05, 0.1) is 0 Å². The molecule has 0 aromatic heterocycles. The van der Waals surface area contributed by atoms with Crippen LogP contribution in [0.4, 0.5) is 13.2 Å². The minimum atomic E-state index is -0.750. The van der Waals surface area contributed by atoms with Gasteiger partial charge in [-0.25, -0.2) is 13.2 Å². The van der Waals surface area contributed by atoms with E-state index in [-0.39, 0.29) is 11.5 Å². The lowest BCUT2D eigenvalue weighted by Gasteiger charge is -2.11. The molecule has 0 unspecified atom stereocenters. The fourth-order valence-corrected chi connectivity index (χ4v) is 1.88. The average Bonchev–Trinajstić information content (AvgIpc) is 2.36. The maximum Gasteiger partial charge on any atom is 0.167 e. The van der Waals surface area contributed by atoms with Crippen LogP contribution in [0.15, 0.2) is 36.4 Å². The molecule has 2 aromatic rings. The maximum absolute atomic E-state index is 13.6. The van der Waals surface area contributed by atoms with E-state index in [0.717, 1.165) is 18.2 Å². The molecule has 0 aliphatic rings. The molecule has 0 saturated heterocycles. The van der Waals surface area contributed by atoms with Crippen molar-refractivity contribution in [3.8, 4) is 11.5 Å². The highest BCUT2D eigenvalue weighted by molar-refractivity contribution is 9.08. The number of halogens is 4. The van der Waals surface area contributed by atoms with Gasteiger partial charge in [-0.3, -0.25) is 0 Å². The third-order valence-corrected chi connectivity index (χ3v) is 2.90. The lowest BCUT2D eigenvalue weighted by Crippen LogP contribution is -1.95.